The molecule has 0 amide bonds. The lowest BCUT2D eigenvalue weighted by molar-refractivity contribution is 0.228. The standard InChI is InChI=1S/C25H26N4O3S/c1-19-10-6-9-15-23(19)33(30,31)28-24-25(27-22-14-8-7-13-21(22)26-24)32-17-16-29(2)18-20-11-4-3-5-12-20/h3-15H,16-18H2,1-2H3,(H,26,28). The van der Waals surface area contributed by atoms with Gasteiger partial charge in [0, 0.05) is 13.1 Å². The predicted molar refractivity (Wildman–Crippen MR) is 130 cm³/mol. The van der Waals surface area contributed by atoms with Gasteiger partial charge in [-0.1, -0.05) is 60.7 Å². The second-order valence-corrected chi connectivity index (χ2v) is 9.46. The summed E-state index contributed by atoms with van der Waals surface area (Å²) in [4.78, 5) is 11.3. The highest BCUT2D eigenvalue weighted by molar-refractivity contribution is 7.92. The molecule has 0 aliphatic heterocycles. The van der Waals surface area contributed by atoms with Gasteiger partial charge in [0.15, 0.2) is 0 Å². The highest BCUT2D eigenvalue weighted by Crippen LogP contribution is 2.27. The van der Waals surface area contributed by atoms with Crippen molar-refractivity contribution >= 4 is 26.9 Å². The van der Waals surface area contributed by atoms with Crippen LogP contribution in [0.1, 0.15) is 11.1 Å². The Labute approximate surface area is 194 Å². The number of nitrogens with one attached hydrogen (secondary N) is 1. The van der Waals surface area contributed by atoms with Crippen LogP contribution in [0, 0.1) is 6.92 Å². The molecule has 3 aromatic carbocycles. The fourth-order valence-electron chi connectivity index (χ4n) is 3.46. The summed E-state index contributed by atoms with van der Waals surface area (Å²) in [6.07, 6.45) is 0. The Kier molecular flexibility index (Phi) is 6.86. The number of rotatable bonds is 9. The van der Waals surface area contributed by atoms with Crippen LogP contribution >= 0.6 is 0 Å². The lowest BCUT2D eigenvalue weighted by Gasteiger charge is -2.18. The smallest absolute Gasteiger partial charge is 0.263 e. The van der Waals surface area contributed by atoms with Crippen molar-refractivity contribution < 1.29 is 13.2 Å². The third-order valence-corrected chi connectivity index (χ3v) is 6.66. The van der Waals surface area contributed by atoms with Crippen LogP contribution in [0.4, 0.5) is 5.82 Å². The number of hydrogen-bond donors (Lipinski definition) is 1. The van der Waals surface area contributed by atoms with Gasteiger partial charge < -0.3 is 4.74 Å². The molecule has 170 valence electrons. The molecule has 0 fully saturated rings. The molecule has 0 radical (unpaired) electrons. The fourth-order valence-corrected chi connectivity index (χ4v) is 4.71. The minimum Gasteiger partial charge on any atom is -0.474 e. The minimum atomic E-state index is -3.86. The summed E-state index contributed by atoms with van der Waals surface area (Å²) in [7, 11) is -1.86. The van der Waals surface area contributed by atoms with Gasteiger partial charge in [0.05, 0.1) is 15.9 Å². The molecule has 4 rings (SSSR count). The Morgan fingerprint density at radius 2 is 1.52 bits per heavy atom. The average Bonchev–Trinajstić information content (AvgIpc) is 2.80. The molecule has 0 aliphatic carbocycles. The van der Waals surface area contributed by atoms with Crippen LogP contribution < -0.4 is 9.46 Å². The molecular formula is C25H26N4O3S. The van der Waals surface area contributed by atoms with Crippen LogP contribution in [-0.4, -0.2) is 43.5 Å². The summed E-state index contributed by atoms with van der Waals surface area (Å²) < 4.78 is 34.6. The Morgan fingerprint density at radius 1 is 0.879 bits per heavy atom. The zero-order valence-corrected chi connectivity index (χ0v) is 19.4. The summed E-state index contributed by atoms with van der Waals surface area (Å²) in [5.74, 6) is 0.224. The van der Waals surface area contributed by atoms with E-state index < -0.39 is 10.0 Å². The monoisotopic (exact) mass is 462 g/mol. The van der Waals surface area contributed by atoms with Crippen molar-refractivity contribution in [2.75, 3.05) is 24.9 Å². The molecule has 8 heteroatoms. The Balaban J connectivity index is 1.54. The van der Waals surface area contributed by atoms with Crippen molar-refractivity contribution in [2.24, 2.45) is 0 Å². The van der Waals surface area contributed by atoms with Gasteiger partial charge in [-0.3, -0.25) is 9.62 Å². The van der Waals surface area contributed by atoms with Gasteiger partial charge in [-0.15, -0.1) is 0 Å². The number of para-hydroxylation sites is 2. The quantitative estimate of drug-likeness (QED) is 0.400. The Hall–Kier alpha value is -3.49. The number of benzene rings is 3. The van der Waals surface area contributed by atoms with E-state index in [1.54, 1.807) is 37.3 Å². The molecule has 33 heavy (non-hydrogen) atoms. The number of hydrogen-bond acceptors (Lipinski definition) is 6. The second-order valence-electron chi connectivity index (χ2n) is 7.81. The first-order valence-electron chi connectivity index (χ1n) is 10.6. The molecule has 1 aromatic heterocycles. The molecule has 7 nitrogen and oxygen atoms in total. The molecular weight excluding hydrogens is 436 g/mol. The molecule has 0 bridgehead atoms. The van der Waals surface area contributed by atoms with E-state index in [1.807, 2.05) is 43.4 Å². The molecule has 0 saturated heterocycles. The van der Waals surface area contributed by atoms with Crippen LogP contribution in [0.2, 0.25) is 0 Å². The van der Waals surface area contributed by atoms with Crippen LogP contribution in [0.5, 0.6) is 5.88 Å². The summed E-state index contributed by atoms with van der Waals surface area (Å²) >= 11 is 0. The van der Waals surface area contributed by atoms with E-state index in [4.69, 9.17) is 4.74 Å². The van der Waals surface area contributed by atoms with E-state index in [9.17, 15) is 8.42 Å². The number of aryl methyl sites for hydroxylation is 1. The van der Waals surface area contributed by atoms with Gasteiger partial charge in [0.1, 0.15) is 6.61 Å². The fraction of sp³-hybridized carbons (Fsp3) is 0.200. The molecule has 0 unspecified atom stereocenters. The first kappa shape index (κ1) is 22.7. The van der Waals surface area contributed by atoms with E-state index in [2.05, 4.69) is 31.7 Å². The number of likely N-dealkylation sites (N-methyl/N-ethyl adjacent to an activating group) is 1. The number of nitrogens with zero attached hydrogens (tertiary/aromatic N) is 3. The molecule has 0 saturated carbocycles. The van der Waals surface area contributed by atoms with Gasteiger partial charge in [-0.25, -0.2) is 18.4 Å². The van der Waals surface area contributed by atoms with Crippen molar-refractivity contribution in [1.82, 2.24) is 14.9 Å². The van der Waals surface area contributed by atoms with E-state index in [0.29, 0.717) is 29.7 Å². The van der Waals surface area contributed by atoms with Crippen molar-refractivity contribution in [2.45, 2.75) is 18.4 Å². The second kappa shape index (κ2) is 9.97. The highest BCUT2D eigenvalue weighted by atomic mass is 32.2. The largest absolute Gasteiger partial charge is 0.474 e. The minimum absolute atomic E-state index is 0.0719. The summed E-state index contributed by atoms with van der Waals surface area (Å²) in [6.45, 7) is 3.49. The number of aromatic nitrogens is 2. The maximum Gasteiger partial charge on any atom is 0.263 e. The normalized spacial score (nSPS) is 11.6. The number of fused-ring (bicyclic) bond motifs is 1. The van der Waals surface area contributed by atoms with Crippen LogP contribution in [-0.2, 0) is 16.6 Å². The molecule has 1 N–H and O–H groups in total. The van der Waals surface area contributed by atoms with Crippen LogP contribution in [0.15, 0.2) is 83.8 Å². The number of ether oxygens (including phenoxy) is 1. The summed E-state index contributed by atoms with van der Waals surface area (Å²) in [5.41, 5.74) is 3.05. The Bertz CT molecular complexity index is 1340. The lowest BCUT2D eigenvalue weighted by atomic mass is 10.2. The van der Waals surface area contributed by atoms with Crippen molar-refractivity contribution in [3.05, 3.63) is 90.0 Å². The van der Waals surface area contributed by atoms with E-state index in [-0.39, 0.29) is 16.6 Å². The zero-order valence-electron chi connectivity index (χ0n) is 18.6. The SMILES string of the molecule is Cc1ccccc1S(=O)(=O)Nc1nc2ccccc2nc1OCCN(C)Cc1ccccc1. The first-order chi connectivity index (χ1) is 15.9. The van der Waals surface area contributed by atoms with E-state index in [0.717, 1.165) is 6.54 Å². The van der Waals surface area contributed by atoms with E-state index >= 15 is 0 Å². The van der Waals surface area contributed by atoms with Gasteiger partial charge in [0.25, 0.3) is 15.9 Å². The zero-order chi connectivity index (χ0) is 23.3. The topological polar surface area (TPSA) is 84.4 Å². The number of sulfonamides is 1. The van der Waals surface area contributed by atoms with Crippen LogP contribution in [0.25, 0.3) is 11.0 Å². The molecule has 0 spiro atoms. The van der Waals surface area contributed by atoms with Crippen LogP contribution in [0.3, 0.4) is 0 Å². The van der Waals surface area contributed by atoms with Gasteiger partial charge in [-0.2, -0.15) is 0 Å². The van der Waals surface area contributed by atoms with Crippen molar-refractivity contribution in [1.29, 1.82) is 0 Å². The van der Waals surface area contributed by atoms with Crippen molar-refractivity contribution in [3.8, 4) is 5.88 Å². The maximum absolute atomic E-state index is 13.1. The average molecular weight is 463 g/mol. The number of anilines is 1. The molecule has 1 heterocycles. The molecule has 0 atom stereocenters. The van der Waals surface area contributed by atoms with Gasteiger partial charge in [0.2, 0.25) is 5.82 Å². The Morgan fingerprint density at radius 3 is 2.24 bits per heavy atom. The first-order valence-corrected chi connectivity index (χ1v) is 12.1. The lowest BCUT2D eigenvalue weighted by Crippen LogP contribution is -2.24. The maximum atomic E-state index is 13.1. The molecule has 4 aromatic rings. The van der Waals surface area contributed by atoms with Gasteiger partial charge >= 0.3 is 0 Å². The molecule has 0 aliphatic rings. The third-order valence-electron chi connectivity index (χ3n) is 5.16. The predicted octanol–water partition coefficient (Wildman–Crippen LogP) is 4.25. The highest BCUT2D eigenvalue weighted by Gasteiger charge is 2.21. The van der Waals surface area contributed by atoms with E-state index in [1.165, 1.54) is 5.56 Å². The summed E-state index contributed by atoms with van der Waals surface area (Å²) in [5, 5.41) is 0. The third kappa shape index (κ3) is 5.66. The van der Waals surface area contributed by atoms with Gasteiger partial charge in [-0.05, 0) is 43.3 Å². The summed E-state index contributed by atoms with van der Waals surface area (Å²) in [6, 6.07) is 24.2. The van der Waals surface area contributed by atoms with Crippen molar-refractivity contribution in [3.63, 3.8) is 0 Å².